The second kappa shape index (κ2) is 7.93. The maximum absolute atomic E-state index is 13.0. The van der Waals surface area contributed by atoms with Crippen molar-refractivity contribution in [3.8, 4) is 0 Å². The largest absolute Gasteiger partial charge is 0.376 e. The number of hydrogen-bond donors (Lipinski definition) is 2. The number of hydrogen-bond acceptors (Lipinski definition) is 4. The van der Waals surface area contributed by atoms with Crippen molar-refractivity contribution in [3.05, 3.63) is 0 Å². The molecule has 3 rings (SSSR count). The molecule has 0 radical (unpaired) electrons. The van der Waals surface area contributed by atoms with Gasteiger partial charge in [0.15, 0.2) is 0 Å². The van der Waals surface area contributed by atoms with Gasteiger partial charge in [0.25, 0.3) is 0 Å². The predicted octanol–water partition coefficient (Wildman–Crippen LogP) is 2.84. The van der Waals surface area contributed by atoms with Gasteiger partial charge in [-0.3, -0.25) is 15.8 Å². The molecular weight excluding hydrogens is 314 g/mol. The van der Waals surface area contributed by atoms with Crippen molar-refractivity contribution in [2.24, 2.45) is 23.5 Å². The lowest BCUT2D eigenvalue weighted by molar-refractivity contribution is -0.136. The molecule has 4 unspecified atom stereocenters. The zero-order valence-corrected chi connectivity index (χ0v) is 16.3. The molecule has 0 aromatic carbocycles. The van der Waals surface area contributed by atoms with E-state index in [4.69, 9.17) is 10.5 Å². The summed E-state index contributed by atoms with van der Waals surface area (Å²) < 4.78 is 6.35. The van der Waals surface area contributed by atoms with Crippen LogP contribution in [0.5, 0.6) is 0 Å². The highest BCUT2D eigenvalue weighted by molar-refractivity contribution is 5.88. The molecule has 2 aliphatic carbocycles. The van der Waals surface area contributed by atoms with Gasteiger partial charge >= 0.3 is 0 Å². The van der Waals surface area contributed by atoms with E-state index < -0.39 is 11.8 Å². The van der Waals surface area contributed by atoms with Gasteiger partial charge in [0.1, 0.15) is 11.8 Å². The Balaban J connectivity index is 1.67. The van der Waals surface area contributed by atoms with E-state index in [1.807, 2.05) is 0 Å². The third-order valence-corrected chi connectivity index (χ3v) is 6.63. The maximum Gasteiger partial charge on any atom is 0.247 e. The monoisotopic (exact) mass is 351 g/mol. The standard InChI is InChI=1S/C20H37N3O2/c1-14-9-15(2)11-17(10-14)25-13-20(12-16-7-5-4-6-8-16)18(24)23(3)19(21)22-20/h14-17,19,22H,4-13,21H2,1-3H3. The highest BCUT2D eigenvalue weighted by Gasteiger charge is 2.50. The Morgan fingerprint density at radius 3 is 2.36 bits per heavy atom. The molecule has 3 aliphatic rings. The first-order chi connectivity index (χ1) is 11.9. The quantitative estimate of drug-likeness (QED) is 0.799. The fourth-order valence-corrected chi connectivity index (χ4v) is 5.37. The molecule has 144 valence electrons. The van der Waals surface area contributed by atoms with Gasteiger partial charge in [-0.05, 0) is 43.4 Å². The molecule has 0 bridgehead atoms. The molecule has 5 nitrogen and oxygen atoms in total. The van der Waals surface area contributed by atoms with Crippen molar-refractivity contribution in [1.82, 2.24) is 10.2 Å². The van der Waals surface area contributed by atoms with E-state index in [-0.39, 0.29) is 12.0 Å². The Kier molecular flexibility index (Phi) is 6.07. The zero-order valence-electron chi connectivity index (χ0n) is 16.3. The molecule has 0 aromatic rings. The van der Waals surface area contributed by atoms with Crippen molar-refractivity contribution in [2.45, 2.75) is 89.6 Å². The van der Waals surface area contributed by atoms with E-state index in [0.29, 0.717) is 24.4 Å². The molecule has 1 saturated heterocycles. The second-order valence-electron chi connectivity index (χ2n) is 9.15. The van der Waals surface area contributed by atoms with E-state index >= 15 is 0 Å². The molecule has 1 aliphatic heterocycles. The van der Waals surface area contributed by atoms with Crippen LogP contribution in [-0.4, -0.2) is 42.4 Å². The van der Waals surface area contributed by atoms with E-state index in [1.54, 1.807) is 11.9 Å². The van der Waals surface area contributed by atoms with Crippen LogP contribution in [-0.2, 0) is 9.53 Å². The van der Waals surface area contributed by atoms with Crippen LogP contribution in [0.3, 0.4) is 0 Å². The van der Waals surface area contributed by atoms with Crippen LogP contribution in [0.2, 0.25) is 0 Å². The average molecular weight is 352 g/mol. The minimum Gasteiger partial charge on any atom is -0.376 e. The molecule has 2 saturated carbocycles. The van der Waals surface area contributed by atoms with E-state index in [9.17, 15) is 4.79 Å². The third kappa shape index (κ3) is 4.37. The number of carbonyl (C=O) groups is 1. The number of rotatable bonds is 5. The number of likely N-dealkylation sites (N-methyl/N-ethyl adjacent to an activating group) is 1. The summed E-state index contributed by atoms with van der Waals surface area (Å²) in [7, 11) is 1.80. The van der Waals surface area contributed by atoms with Crippen molar-refractivity contribution >= 4 is 5.91 Å². The fraction of sp³-hybridized carbons (Fsp3) is 0.950. The van der Waals surface area contributed by atoms with E-state index in [1.165, 1.54) is 38.5 Å². The molecule has 1 heterocycles. The van der Waals surface area contributed by atoms with Gasteiger partial charge in [-0.1, -0.05) is 46.0 Å². The molecule has 1 amide bonds. The molecule has 0 aromatic heterocycles. The van der Waals surface area contributed by atoms with E-state index in [0.717, 1.165) is 19.3 Å². The number of nitrogens with one attached hydrogen (secondary N) is 1. The van der Waals surface area contributed by atoms with Crippen LogP contribution >= 0.6 is 0 Å². The minimum atomic E-state index is -0.625. The lowest BCUT2D eigenvalue weighted by atomic mass is 9.79. The van der Waals surface area contributed by atoms with Gasteiger partial charge in [0.05, 0.1) is 12.7 Å². The van der Waals surface area contributed by atoms with Gasteiger partial charge in [-0.2, -0.15) is 0 Å². The molecule has 4 atom stereocenters. The SMILES string of the molecule is CC1CC(C)CC(OCC2(CC3CCCCC3)NC(N)N(C)C2=O)C1. The summed E-state index contributed by atoms with van der Waals surface area (Å²) in [6, 6.07) is 0. The molecule has 0 spiro atoms. The highest BCUT2D eigenvalue weighted by atomic mass is 16.5. The first kappa shape index (κ1) is 19.1. The molecule has 25 heavy (non-hydrogen) atoms. The van der Waals surface area contributed by atoms with Gasteiger partial charge in [-0.25, -0.2) is 0 Å². The summed E-state index contributed by atoms with van der Waals surface area (Å²) in [5.74, 6) is 2.14. The summed E-state index contributed by atoms with van der Waals surface area (Å²) in [5, 5.41) is 3.41. The molecule has 5 heteroatoms. The average Bonchev–Trinajstić information content (AvgIpc) is 2.78. The van der Waals surface area contributed by atoms with Crippen LogP contribution in [0.1, 0.15) is 71.6 Å². The van der Waals surface area contributed by atoms with Crippen LogP contribution in [0, 0.1) is 17.8 Å². The Hall–Kier alpha value is -0.650. The number of amides is 1. The summed E-state index contributed by atoms with van der Waals surface area (Å²) in [4.78, 5) is 14.7. The Bertz CT molecular complexity index is 456. The maximum atomic E-state index is 13.0. The minimum absolute atomic E-state index is 0.113. The van der Waals surface area contributed by atoms with Crippen LogP contribution in [0.4, 0.5) is 0 Å². The van der Waals surface area contributed by atoms with Gasteiger partial charge < -0.3 is 9.64 Å². The van der Waals surface area contributed by atoms with Crippen molar-refractivity contribution < 1.29 is 9.53 Å². The summed E-state index contributed by atoms with van der Waals surface area (Å²) in [6.45, 7) is 5.09. The summed E-state index contributed by atoms with van der Waals surface area (Å²) in [6.07, 6.45) is 10.6. The highest BCUT2D eigenvalue weighted by Crippen LogP contribution is 2.36. The second-order valence-corrected chi connectivity index (χ2v) is 9.15. The lowest BCUT2D eigenvalue weighted by Crippen LogP contribution is -2.54. The van der Waals surface area contributed by atoms with E-state index in [2.05, 4.69) is 19.2 Å². The summed E-state index contributed by atoms with van der Waals surface area (Å²) >= 11 is 0. The molecular formula is C20H37N3O2. The number of carbonyl (C=O) groups excluding carboxylic acids is 1. The topological polar surface area (TPSA) is 67.6 Å². The predicted molar refractivity (Wildman–Crippen MR) is 99.7 cm³/mol. The van der Waals surface area contributed by atoms with Gasteiger partial charge in [0, 0.05) is 7.05 Å². The zero-order chi connectivity index (χ0) is 18.0. The van der Waals surface area contributed by atoms with Gasteiger partial charge in [-0.15, -0.1) is 0 Å². The van der Waals surface area contributed by atoms with Crippen molar-refractivity contribution in [1.29, 1.82) is 0 Å². The first-order valence-electron chi connectivity index (χ1n) is 10.3. The summed E-state index contributed by atoms with van der Waals surface area (Å²) in [5.41, 5.74) is 5.52. The smallest absolute Gasteiger partial charge is 0.247 e. The Labute approximate surface area is 153 Å². The van der Waals surface area contributed by atoms with Crippen LogP contribution < -0.4 is 11.1 Å². The van der Waals surface area contributed by atoms with Crippen LogP contribution in [0.25, 0.3) is 0 Å². The third-order valence-electron chi connectivity index (χ3n) is 6.63. The normalized spacial score (nSPS) is 40.6. The Morgan fingerprint density at radius 1 is 1.16 bits per heavy atom. The Morgan fingerprint density at radius 2 is 1.80 bits per heavy atom. The van der Waals surface area contributed by atoms with Crippen LogP contribution in [0.15, 0.2) is 0 Å². The van der Waals surface area contributed by atoms with Crippen molar-refractivity contribution in [2.75, 3.05) is 13.7 Å². The lowest BCUT2D eigenvalue weighted by Gasteiger charge is -2.36. The fourth-order valence-electron chi connectivity index (χ4n) is 5.37. The van der Waals surface area contributed by atoms with Gasteiger partial charge in [0.2, 0.25) is 5.91 Å². The molecule has 3 N–H and O–H groups in total. The van der Waals surface area contributed by atoms with Crippen molar-refractivity contribution in [3.63, 3.8) is 0 Å². The number of ether oxygens (including phenoxy) is 1. The number of nitrogens with zero attached hydrogens (tertiary/aromatic N) is 1. The first-order valence-corrected chi connectivity index (χ1v) is 10.3. The molecule has 3 fully saturated rings. The number of nitrogens with two attached hydrogens (primary N) is 1.